The highest BCUT2D eigenvalue weighted by atomic mass is 32.1. The number of fused-ring (bicyclic) bond motifs is 1. The molecule has 2 amide bonds. The quantitative estimate of drug-likeness (QED) is 0.588. The fourth-order valence-electron chi connectivity index (χ4n) is 3.65. The highest BCUT2D eigenvalue weighted by Crippen LogP contribution is 2.37. The van der Waals surface area contributed by atoms with Crippen molar-refractivity contribution in [3.8, 4) is 0 Å². The van der Waals surface area contributed by atoms with Gasteiger partial charge in [-0.15, -0.1) is 11.3 Å². The molecule has 2 N–H and O–H groups in total. The third-order valence-electron chi connectivity index (χ3n) is 5.43. The first-order valence-corrected chi connectivity index (χ1v) is 11.1. The van der Waals surface area contributed by atoms with Gasteiger partial charge in [-0.3, -0.25) is 14.9 Å². The molecule has 1 aliphatic carbocycles. The Balaban J connectivity index is 1.48. The van der Waals surface area contributed by atoms with Crippen LogP contribution in [0.25, 0.3) is 0 Å². The largest absolute Gasteiger partial charge is 0.326 e. The summed E-state index contributed by atoms with van der Waals surface area (Å²) in [7, 11) is 0. The normalized spacial score (nSPS) is 15.3. The number of benzene rings is 2. The molecule has 1 atom stereocenters. The average molecular weight is 420 g/mol. The van der Waals surface area contributed by atoms with Crippen molar-refractivity contribution in [1.82, 2.24) is 4.98 Å². The van der Waals surface area contributed by atoms with Crippen LogP contribution < -0.4 is 10.6 Å². The molecule has 4 rings (SSSR count). The highest BCUT2D eigenvalue weighted by molar-refractivity contribution is 7.16. The number of amides is 2. The van der Waals surface area contributed by atoms with Crippen LogP contribution in [0.15, 0.2) is 48.5 Å². The number of thiazole rings is 1. The molecule has 1 aromatic heterocycles. The lowest BCUT2D eigenvalue weighted by molar-refractivity contribution is -0.117. The number of rotatable bonds is 5. The van der Waals surface area contributed by atoms with Crippen molar-refractivity contribution >= 4 is 34.0 Å². The zero-order chi connectivity index (χ0) is 21.1. The topological polar surface area (TPSA) is 71.1 Å². The maximum absolute atomic E-state index is 12.9. The first-order chi connectivity index (χ1) is 14.5. The second-order valence-corrected chi connectivity index (χ2v) is 8.72. The molecular formula is C24H25N3O2S. The van der Waals surface area contributed by atoms with Crippen LogP contribution in [0.4, 0.5) is 10.8 Å². The molecule has 0 aliphatic heterocycles. The maximum atomic E-state index is 12.9. The van der Waals surface area contributed by atoms with Crippen LogP contribution in [0.3, 0.4) is 0 Å². The molecular weight excluding hydrogens is 394 g/mol. The fraction of sp³-hybridized carbons (Fsp3) is 0.292. The van der Waals surface area contributed by atoms with E-state index in [1.54, 1.807) is 12.1 Å². The van der Waals surface area contributed by atoms with E-state index in [-0.39, 0.29) is 17.7 Å². The third kappa shape index (κ3) is 4.44. The number of nitrogens with zero attached hydrogens (tertiary/aromatic N) is 1. The number of hydrogen-bond acceptors (Lipinski definition) is 4. The van der Waals surface area contributed by atoms with Gasteiger partial charge in [-0.25, -0.2) is 4.98 Å². The van der Waals surface area contributed by atoms with Gasteiger partial charge in [0.1, 0.15) is 0 Å². The van der Waals surface area contributed by atoms with Crippen molar-refractivity contribution in [3.05, 3.63) is 75.8 Å². The van der Waals surface area contributed by atoms with Crippen molar-refractivity contribution in [2.45, 2.75) is 45.4 Å². The Hall–Kier alpha value is -2.99. The molecule has 0 spiro atoms. The molecule has 1 heterocycles. The molecule has 6 heteroatoms. The summed E-state index contributed by atoms with van der Waals surface area (Å²) in [6.07, 6.45) is 3.56. The zero-order valence-electron chi connectivity index (χ0n) is 17.2. The predicted octanol–water partition coefficient (Wildman–Crippen LogP) is 5.32. The number of anilines is 2. The smallest absolute Gasteiger partial charge is 0.257 e. The molecule has 154 valence electrons. The van der Waals surface area contributed by atoms with E-state index in [1.165, 1.54) is 16.9 Å². The third-order valence-corrected chi connectivity index (χ3v) is 6.48. The summed E-state index contributed by atoms with van der Waals surface area (Å²) in [6, 6.07) is 15.4. The van der Waals surface area contributed by atoms with Crippen LogP contribution in [-0.2, 0) is 17.6 Å². The van der Waals surface area contributed by atoms with Crippen molar-refractivity contribution in [1.29, 1.82) is 0 Å². The van der Waals surface area contributed by atoms with Crippen molar-refractivity contribution in [3.63, 3.8) is 0 Å². The summed E-state index contributed by atoms with van der Waals surface area (Å²) in [5.74, 6) is -0.513. The molecule has 0 saturated heterocycles. The van der Waals surface area contributed by atoms with Crippen molar-refractivity contribution in [2.24, 2.45) is 0 Å². The number of nitrogens with one attached hydrogen (secondary N) is 2. The van der Waals surface area contributed by atoms with E-state index in [0.29, 0.717) is 10.7 Å². The number of carbonyl (C=O) groups excluding carboxylic acids is 2. The minimum absolute atomic E-state index is 0.0399. The summed E-state index contributed by atoms with van der Waals surface area (Å²) in [5.41, 5.74) is 4.54. The van der Waals surface area contributed by atoms with Crippen LogP contribution >= 0.6 is 11.3 Å². The Morgan fingerprint density at radius 1 is 1.07 bits per heavy atom. The summed E-state index contributed by atoms with van der Waals surface area (Å²) >= 11 is 1.47. The van der Waals surface area contributed by atoms with Gasteiger partial charge in [0, 0.05) is 16.1 Å². The standard InChI is InChI=1S/C24H25N3O2S/c1-3-16-9-13-18(14-10-16)25-23(29)19-5-4-6-20-21(19)26-24(30-20)27-22(28)17-11-7-15(2)8-12-17/h7-14,19H,3-6H2,1-2H3,(H,25,29)(H,26,27,28). The van der Waals surface area contributed by atoms with Gasteiger partial charge in [-0.2, -0.15) is 0 Å². The zero-order valence-corrected chi connectivity index (χ0v) is 18.0. The van der Waals surface area contributed by atoms with Gasteiger partial charge in [0.2, 0.25) is 5.91 Å². The second-order valence-electron chi connectivity index (χ2n) is 7.63. The van der Waals surface area contributed by atoms with Gasteiger partial charge in [0.05, 0.1) is 11.6 Å². The summed E-state index contributed by atoms with van der Waals surface area (Å²) < 4.78 is 0. The van der Waals surface area contributed by atoms with E-state index in [9.17, 15) is 9.59 Å². The molecule has 0 bridgehead atoms. The summed E-state index contributed by atoms with van der Waals surface area (Å²) in [5, 5.41) is 6.47. The summed E-state index contributed by atoms with van der Waals surface area (Å²) in [6.45, 7) is 4.09. The Morgan fingerprint density at radius 3 is 2.50 bits per heavy atom. The van der Waals surface area contributed by atoms with E-state index < -0.39 is 0 Å². The lowest BCUT2D eigenvalue weighted by atomic mass is 9.90. The highest BCUT2D eigenvalue weighted by Gasteiger charge is 2.30. The van der Waals surface area contributed by atoms with E-state index in [0.717, 1.165) is 47.5 Å². The number of aromatic nitrogens is 1. The van der Waals surface area contributed by atoms with E-state index in [2.05, 4.69) is 22.5 Å². The first-order valence-electron chi connectivity index (χ1n) is 10.3. The second kappa shape index (κ2) is 8.79. The Morgan fingerprint density at radius 2 is 1.80 bits per heavy atom. The van der Waals surface area contributed by atoms with Gasteiger partial charge in [-0.05, 0) is 62.4 Å². The Kier molecular flexibility index (Phi) is 5.95. The predicted molar refractivity (Wildman–Crippen MR) is 121 cm³/mol. The van der Waals surface area contributed by atoms with Crippen LogP contribution in [0.1, 0.15) is 57.7 Å². The SMILES string of the molecule is CCc1ccc(NC(=O)C2CCCc3sc(NC(=O)c4ccc(C)cc4)nc32)cc1. The summed E-state index contributed by atoms with van der Waals surface area (Å²) in [4.78, 5) is 31.2. The lowest BCUT2D eigenvalue weighted by Gasteiger charge is -2.20. The minimum Gasteiger partial charge on any atom is -0.326 e. The van der Waals surface area contributed by atoms with Gasteiger partial charge >= 0.3 is 0 Å². The van der Waals surface area contributed by atoms with Gasteiger partial charge < -0.3 is 5.32 Å². The first kappa shape index (κ1) is 20.3. The van der Waals surface area contributed by atoms with E-state index in [1.807, 2.05) is 43.3 Å². The average Bonchev–Trinajstić information content (AvgIpc) is 3.17. The van der Waals surface area contributed by atoms with Gasteiger partial charge in [0.15, 0.2) is 5.13 Å². The molecule has 3 aromatic rings. The van der Waals surface area contributed by atoms with Crippen LogP contribution in [-0.4, -0.2) is 16.8 Å². The maximum Gasteiger partial charge on any atom is 0.257 e. The molecule has 0 saturated carbocycles. The van der Waals surface area contributed by atoms with Crippen LogP contribution in [0.2, 0.25) is 0 Å². The molecule has 1 unspecified atom stereocenters. The van der Waals surface area contributed by atoms with E-state index >= 15 is 0 Å². The molecule has 0 fully saturated rings. The molecule has 5 nitrogen and oxygen atoms in total. The fourth-order valence-corrected chi connectivity index (χ4v) is 4.71. The molecule has 0 radical (unpaired) electrons. The van der Waals surface area contributed by atoms with Crippen molar-refractivity contribution in [2.75, 3.05) is 10.6 Å². The molecule has 1 aliphatic rings. The van der Waals surface area contributed by atoms with Crippen molar-refractivity contribution < 1.29 is 9.59 Å². The van der Waals surface area contributed by atoms with Gasteiger partial charge in [-0.1, -0.05) is 36.8 Å². The number of aryl methyl sites for hydroxylation is 3. The molecule has 2 aromatic carbocycles. The lowest BCUT2D eigenvalue weighted by Crippen LogP contribution is -2.24. The monoisotopic (exact) mass is 419 g/mol. The van der Waals surface area contributed by atoms with Crippen LogP contribution in [0.5, 0.6) is 0 Å². The molecule has 30 heavy (non-hydrogen) atoms. The Bertz CT molecular complexity index is 1060. The Labute approximate surface area is 180 Å². The van der Waals surface area contributed by atoms with Crippen LogP contribution in [0, 0.1) is 6.92 Å². The number of carbonyl (C=O) groups is 2. The van der Waals surface area contributed by atoms with Gasteiger partial charge in [0.25, 0.3) is 5.91 Å². The van der Waals surface area contributed by atoms with E-state index in [4.69, 9.17) is 0 Å². The minimum atomic E-state index is -0.291. The number of hydrogen-bond donors (Lipinski definition) is 2.